The van der Waals surface area contributed by atoms with Crippen molar-refractivity contribution < 1.29 is 4.79 Å². The average Bonchev–Trinajstić information content (AvgIpc) is 2.14. The Bertz CT molecular complexity index is 192. The van der Waals surface area contributed by atoms with E-state index in [1.807, 2.05) is 32.5 Å². The summed E-state index contributed by atoms with van der Waals surface area (Å²) in [6.45, 7) is 6.73. The van der Waals surface area contributed by atoms with E-state index in [2.05, 4.69) is 5.32 Å². The second kappa shape index (κ2) is 5.06. The van der Waals surface area contributed by atoms with E-state index >= 15 is 0 Å². The lowest BCUT2D eigenvalue weighted by atomic mass is 9.95. The summed E-state index contributed by atoms with van der Waals surface area (Å²) in [6.07, 6.45) is 2.58. The summed E-state index contributed by atoms with van der Waals surface area (Å²) in [5.74, 6) is 3.38. The molecular weight excluding hydrogens is 194 g/mol. The lowest BCUT2D eigenvalue weighted by Gasteiger charge is -2.24. The first-order valence-corrected chi connectivity index (χ1v) is 6.51. The van der Waals surface area contributed by atoms with E-state index in [0.29, 0.717) is 5.92 Å². The molecule has 0 aromatic rings. The minimum absolute atomic E-state index is 0.174. The molecule has 1 aliphatic rings. The van der Waals surface area contributed by atoms with Gasteiger partial charge in [0, 0.05) is 12.0 Å². The normalized spacial score (nSPS) is 23.2. The van der Waals surface area contributed by atoms with Crippen molar-refractivity contribution in [2.75, 3.05) is 18.1 Å². The first-order valence-electron chi connectivity index (χ1n) is 5.36. The third kappa shape index (κ3) is 3.91. The van der Waals surface area contributed by atoms with E-state index in [1.54, 1.807) is 0 Å². The minimum atomic E-state index is -0.248. The number of hydrogen-bond donors (Lipinski definition) is 1. The summed E-state index contributed by atoms with van der Waals surface area (Å²) in [5, 5.41) is 3.04. The zero-order chi connectivity index (χ0) is 10.6. The SMILES string of the molecule is CC(C)(C)C(=O)NCC1CCCSC1. The Kier molecular flexibility index (Phi) is 4.30. The number of nitrogens with one attached hydrogen (secondary N) is 1. The zero-order valence-corrected chi connectivity index (χ0v) is 10.2. The van der Waals surface area contributed by atoms with Gasteiger partial charge in [0.1, 0.15) is 0 Å². The molecule has 82 valence electrons. The van der Waals surface area contributed by atoms with E-state index in [-0.39, 0.29) is 11.3 Å². The topological polar surface area (TPSA) is 29.1 Å². The molecule has 1 aliphatic heterocycles. The summed E-state index contributed by atoms with van der Waals surface area (Å²) in [6, 6.07) is 0. The first kappa shape index (κ1) is 11.9. The van der Waals surface area contributed by atoms with Crippen LogP contribution in [0.4, 0.5) is 0 Å². The molecule has 1 N–H and O–H groups in total. The van der Waals surface area contributed by atoms with Gasteiger partial charge in [0.15, 0.2) is 0 Å². The van der Waals surface area contributed by atoms with Crippen LogP contribution in [0, 0.1) is 11.3 Å². The van der Waals surface area contributed by atoms with Crippen LogP contribution in [0.15, 0.2) is 0 Å². The van der Waals surface area contributed by atoms with E-state index in [9.17, 15) is 4.79 Å². The largest absolute Gasteiger partial charge is 0.355 e. The van der Waals surface area contributed by atoms with Gasteiger partial charge in [-0.25, -0.2) is 0 Å². The van der Waals surface area contributed by atoms with E-state index in [0.717, 1.165) is 6.54 Å². The van der Waals surface area contributed by atoms with Gasteiger partial charge in [-0.1, -0.05) is 20.8 Å². The van der Waals surface area contributed by atoms with Crippen LogP contribution in [0.25, 0.3) is 0 Å². The number of amides is 1. The average molecular weight is 215 g/mol. The molecule has 0 aliphatic carbocycles. The fourth-order valence-electron chi connectivity index (χ4n) is 1.47. The van der Waals surface area contributed by atoms with Crippen LogP contribution >= 0.6 is 11.8 Å². The molecule has 1 fully saturated rings. The molecule has 0 spiro atoms. The Morgan fingerprint density at radius 1 is 1.50 bits per heavy atom. The molecule has 1 unspecified atom stereocenters. The highest BCUT2D eigenvalue weighted by Crippen LogP contribution is 2.22. The zero-order valence-electron chi connectivity index (χ0n) is 9.43. The van der Waals surface area contributed by atoms with Crippen molar-refractivity contribution in [2.45, 2.75) is 33.6 Å². The standard InChI is InChI=1S/C11H21NOS/c1-11(2,3)10(13)12-7-9-5-4-6-14-8-9/h9H,4-8H2,1-3H3,(H,12,13). The maximum atomic E-state index is 11.6. The molecule has 1 saturated heterocycles. The molecule has 1 atom stereocenters. The summed E-state index contributed by atoms with van der Waals surface area (Å²) in [7, 11) is 0. The number of thioether (sulfide) groups is 1. The van der Waals surface area contributed by atoms with Crippen LogP contribution in [0.5, 0.6) is 0 Å². The summed E-state index contributed by atoms with van der Waals surface area (Å²) in [4.78, 5) is 11.6. The van der Waals surface area contributed by atoms with Crippen molar-refractivity contribution >= 4 is 17.7 Å². The van der Waals surface area contributed by atoms with Gasteiger partial charge in [-0.15, -0.1) is 0 Å². The van der Waals surface area contributed by atoms with Crippen LogP contribution < -0.4 is 5.32 Å². The van der Waals surface area contributed by atoms with Crippen LogP contribution in [0.2, 0.25) is 0 Å². The van der Waals surface area contributed by atoms with Gasteiger partial charge in [-0.2, -0.15) is 11.8 Å². The van der Waals surface area contributed by atoms with Crippen molar-refractivity contribution in [2.24, 2.45) is 11.3 Å². The molecule has 0 bridgehead atoms. The smallest absolute Gasteiger partial charge is 0.225 e. The van der Waals surface area contributed by atoms with E-state index in [1.165, 1.54) is 24.3 Å². The maximum absolute atomic E-state index is 11.6. The molecule has 1 heterocycles. The predicted octanol–water partition coefficient (Wildman–Crippen LogP) is 2.29. The van der Waals surface area contributed by atoms with Gasteiger partial charge in [-0.05, 0) is 30.3 Å². The Balaban J connectivity index is 2.22. The number of carbonyl (C=O) groups is 1. The lowest BCUT2D eigenvalue weighted by molar-refractivity contribution is -0.128. The molecule has 0 aromatic carbocycles. The van der Waals surface area contributed by atoms with Gasteiger partial charge in [0.25, 0.3) is 0 Å². The molecular formula is C11H21NOS. The van der Waals surface area contributed by atoms with E-state index in [4.69, 9.17) is 0 Å². The highest BCUT2D eigenvalue weighted by molar-refractivity contribution is 7.99. The van der Waals surface area contributed by atoms with Crippen molar-refractivity contribution in [3.8, 4) is 0 Å². The van der Waals surface area contributed by atoms with Crippen molar-refractivity contribution in [1.82, 2.24) is 5.32 Å². The fraction of sp³-hybridized carbons (Fsp3) is 0.909. The highest BCUT2D eigenvalue weighted by Gasteiger charge is 2.22. The van der Waals surface area contributed by atoms with Gasteiger partial charge >= 0.3 is 0 Å². The summed E-state index contributed by atoms with van der Waals surface area (Å²) >= 11 is 2.01. The van der Waals surface area contributed by atoms with Gasteiger partial charge in [0.05, 0.1) is 0 Å². The Morgan fingerprint density at radius 3 is 2.71 bits per heavy atom. The minimum Gasteiger partial charge on any atom is -0.355 e. The predicted molar refractivity (Wildman–Crippen MR) is 62.5 cm³/mol. The van der Waals surface area contributed by atoms with Gasteiger partial charge in [0.2, 0.25) is 5.91 Å². The molecule has 3 heteroatoms. The monoisotopic (exact) mass is 215 g/mol. The fourth-order valence-corrected chi connectivity index (χ4v) is 2.63. The van der Waals surface area contributed by atoms with Crippen molar-refractivity contribution in [3.63, 3.8) is 0 Å². The third-order valence-corrected chi connectivity index (χ3v) is 3.77. The lowest BCUT2D eigenvalue weighted by Crippen LogP contribution is -2.38. The van der Waals surface area contributed by atoms with Crippen LogP contribution in [0.3, 0.4) is 0 Å². The molecule has 1 rings (SSSR count). The van der Waals surface area contributed by atoms with E-state index < -0.39 is 0 Å². The quantitative estimate of drug-likeness (QED) is 0.766. The van der Waals surface area contributed by atoms with Crippen LogP contribution in [0.1, 0.15) is 33.6 Å². The Morgan fingerprint density at radius 2 is 2.21 bits per heavy atom. The molecule has 1 amide bonds. The first-order chi connectivity index (χ1) is 6.50. The van der Waals surface area contributed by atoms with Crippen molar-refractivity contribution in [3.05, 3.63) is 0 Å². The second-order valence-corrected chi connectivity index (χ2v) is 6.19. The maximum Gasteiger partial charge on any atom is 0.225 e. The number of carbonyl (C=O) groups excluding carboxylic acids is 1. The van der Waals surface area contributed by atoms with Gasteiger partial charge in [-0.3, -0.25) is 4.79 Å². The summed E-state index contributed by atoms with van der Waals surface area (Å²) < 4.78 is 0. The molecule has 0 aromatic heterocycles. The summed E-state index contributed by atoms with van der Waals surface area (Å²) in [5.41, 5.74) is -0.248. The molecule has 0 radical (unpaired) electrons. The van der Waals surface area contributed by atoms with Crippen LogP contribution in [-0.2, 0) is 4.79 Å². The van der Waals surface area contributed by atoms with Crippen LogP contribution in [-0.4, -0.2) is 24.0 Å². The molecule has 2 nitrogen and oxygen atoms in total. The van der Waals surface area contributed by atoms with Gasteiger partial charge < -0.3 is 5.32 Å². The van der Waals surface area contributed by atoms with Crippen molar-refractivity contribution in [1.29, 1.82) is 0 Å². The molecule has 0 saturated carbocycles. The Hall–Kier alpha value is -0.180. The second-order valence-electron chi connectivity index (χ2n) is 5.04. The Labute approximate surface area is 91.2 Å². The number of hydrogen-bond acceptors (Lipinski definition) is 2. The number of rotatable bonds is 2. The molecule has 14 heavy (non-hydrogen) atoms. The highest BCUT2D eigenvalue weighted by atomic mass is 32.2. The third-order valence-electron chi connectivity index (χ3n) is 2.49.